The maximum absolute atomic E-state index is 3.64. The van der Waals surface area contributed by atoms with Crippen LogP contribution in [0.5, 0.6) is 0 Å². The number of nitrogens with one attached hydrogen (secondary N) is 1. The van der Waals surface area contributed by atoms with Gasteiger partial charge in [-0.05, 0) is 39.8 Å². The van der Waals surface area contributed by atoms with Crippen molar-refractivity contribution in [3.05, 3.63) is 0 Å². The third kappa shape index (κ3) is 4.43. The molecule has 1 fully saturated rings. The van der Waals surface area contributed by atoms with Gasteiger partial charge in [-0.2, -0.15) is 0 Å². The molecule has 1 aliphatic rings. The molecule has 0 bridgehead atoms. The highest BCUT2D eigenvalue weighted by Gasteiger charge is 2.18. The number of nitrogens with zero attached hydrogens (tertiary/aromatic N) is 1. The molecule has 0 unspecified atom stereocenters. The van der Waals surface area contributed by atoms with Crippen molar-refractivity contribution in [2.45, 2.75) is 45.1 Å². The van der Waals surface area contributed by atoms with Crippen molar-refractivity contribution in [1.29, 1.82) is 0 Å². The van der Waals surface area contributed by atoms with E-state index in [0.29, 0.717) is 0 Å². The van der Waals surface area contributed by atoms with Crippen molar-refractivity contribution >= 4 is 0 Å². The lowest BCUT2D eigenvalue weighted by molar-refractivity contribution is 0.273. The molecule has 0 heterocycles. The monoisotopic (exact) mass is 198 g/mol. The molecule has 0 aromatic heterocycles. The normalized spacial score (nSPS) is 21.4. The molecule has 0 aliphatic heterocycles. The second-order valence-electron chi connectivity index (χ2n) is 4.94. The topological polar surface area (TPSA) is 15.3 Å². The Morgan fingerprint density at radius 1 is 1.21 bits per heavy atom. The SMILES string of the molecule is C[C@H](NCCN(C)C)C1CCCCC1. The average Bonchev–Trinajstić information content (AvgIpc) is 2.18. The van der Waals surface area contributed by atoms with E-state index in [1.807, 2.05) is 0 Å². The number of rotatable bonds is 5. The second kappa shape index (κ2) is 6.41. The van der Waals surface area contributed by atoms with Crippen molar-refractivity contribution in [3.8, 4) is 0 Å². The highest BCUT2D eigenvalue weighted by atomic mass is 15.1. The highest BCUT2D eigenvalue weighted by molar-refractivity contribution is 4.75. The van der Waals surface area contributed by atoms with Crippen molar-refractivity contribution < 1.29 is 0 Å². The van der Waals surface area contributed by atoms with Crippen LogP contribution < -0.4 is 5.32 Å². The minimum Gasteiger partial charge on any atom is -0.313 e. The van der Waals surface area contributed by atoms with Gasteiger partial charge < -0.3 is 10.2 Å². The first-order chi connectivity index (χ1) is 6.70. The number of hydrogen-bond donors (Lipinski definition) is 1. The fourth-order valence-electron chi connectivity index (χ4n) is 2.32. The summed E-state index contributed by atoms with van der Waals surface area (Å²) in [6, 6.07) is 0.718. The van der Waals surface area contributed by atoms with Crippen LogP contribution in [0.25, 0.3) is 0 Å². The van der Waals surface area contributed by atoms with Gasteiger partial charge in [0, 0.05) is 19.1 Å². The van der Waals surface area contributed by atoms with E-state index in [0.717, 1.165) is 25.0 Å². The molecular formula is C12H26N2. The van der Waals surface area contributed by atoms with E-state index < -0.39 is 0 Å². The summed E-state index contributed by atoms with van der Waals surface area (Å²) in [5.74, 6) is 0.936. The third-order valence-corrected chi connectivity index (χ3v) is 3.38. The van der Waals surface area contributed by atoms with Crippen LogP contribution in [0.4, 0.5) is 0 Å². The molecule has 0 saturated heterocycles. The summed E-state index contributed by atoms with van der Waals surface area (Å²) in [5, 5.41) is 3.64. The van der Waals surface area contributed by atoms with Gasteiger partial charge in [0.15, 0.2) is 0 Å². The predicted octanol–water partition coefficient (Wildman–Crippen LogP) is 2.11. The predicted molar refractivity (Wildman–Crippen MR) is 62.6 cm³/mol. The summed E-state index contributed by atoms with van der Waals surface area (Å²) in [6.45, 7) is 4.63. The smallest absolute Gasteiger partial charge is 0.0101 e. The zero-order valence-electron chi connectivity index (χ0n) is 10.1. The van der Waals surface area contributed by atoms with Crippen molar-refractivity contribution in [2.24, 2.45) is 5.92 Å². The molecular weight excluding hydrogens is 172 g/mol. The fourth-order valence-corrected chi connectivity index (χ4v) is 2.32. The van der Waals surface area contributed by atoms with Crippen LogP contribution in [-0.2, 0) is 0 Å². The van der Waals surface area contributed by atoms with Crippen LogP contribution >= 0.6 is 0 Å². The summed E-state index contributed by atoms with van der Waals surface area (Å²) >= 11 is 0. The lowest BCUT2D eigenvalue weighted by Gasteiger charge is -2.28. The van der Waals surface area contributed by atoms with Gasteiger partial charge in [-0.3, -0.25) is 0 Å². The van der Waals surface area contributed by atoms with Gasteiger partial charge in [-0.1, -0.05) is 19.3 Å². The standard InChI is InChI=1S/C12H26N2/c1-11(13-9-10-14(2)3)12-7-5-4-6-8-12/h11-13H,4-10H2,1-3H3/t11-/m0/s1. The highest BCUT2D eigenvalue weighted by Crippen LogP contribution is 2.26. The summed E-state index contributed by atoms with van der Waals surface area (Å²) in [7, 11) is 4.26. The van der Waals surface area contributed by atoms with E-state index in [2.05, 4.69) is 31.2 Å². The Hall–Kier alpha value is -0.0800. The molecule has 2 nitrogen and oxygen atoms in total. The maximum Gasteiger partial charge on any atom is 0.0101 e. The Bertz CT molecular complexity index is 139. The fraction of sp³-hybridized carbons (Fsp3) is 1.00. The molecule has 1 aliphatic carbocycles. The quantitative estimate of drug-likeness (QED) is 0.728. The van der Waals surface area contributed by atoms with Crippen LogP contribution in [0.1, 0.15) is 39.0 Å². The minimum atomic E-state index is 0.718. The van der Waals surface area contributed by atoms with Crippen molar-refractivity contribution in [3.63, 3.8) is 0 Å². The Morgan fingerprint density at radius 3 is 2.43 bits per heavy atom. The average molecular weight is 198 g/mol. The summed E-state index contributed by atoms with van der Waals surface area (Å²) in [5.41, 5.74) is 0. The molecule has 1 saturated carbocycles. The van der Waals surface area contributed by atoms with E-state index >= 15 is 0 Å². The molecule has 0 aromatic carbocycles. The Kier molecular flexibility index (Phi) is 5.49. The number of hydrogen-bond acceptors (Lipinski definition) is 2. The Balaban J connectivity index is 2.10. The lowest BCUT2D eigenvalue weighted by atomic mass is 9.84. The van der Waals surface area contributed by atoms with E-state index in [9.17, 15) is 0 Å². The number of likely N-dealkylation sites (N-methyl/N-ethyl adjacent to an activating group) is 1. The Morgan fingerprint density at radius 2 is 1.86 bits per heavy atom. The first-order valence-electron chi connectivity index (χ1n) is 6.08. The maximum atomic E-state index is 3.64. The first kappa shape index (κ1) is 12.0. The molecule has 84 valence electrons. The molecule has 1 N–H and O–H groups in total. The van der Waals surface area contributed by atoms with Crippen LogP contribution in [0.3, 0.4) is 0 Å². The van der Waals surface area contributed by atoms with E-state index in [1.54, 1.807) is 0 Å². The Labute approximate surface area is 89.1 Å². The zero-order valence-corrected chi connectivity index (χ0v) is 10.1. The van der Waals surface area contributed by atoms with Gasteiger partial charge in [-0.25, -0.2) is 0 Å². The van der Waals surface area contributed by atoms with Crippen LogP contribution in [0.15, 0.2) is 0 Å². The van der Waals surface area contributed by atoms with Gasteiger partial charge in [0.1, 0.15) is 0 Å². The molecule has 0 aromatic rings. The largest absolute Gasteiger partial charge is 0.313 e. The van der Waals surface area contributed by atoms with E-state index in [4.69, 9.17) is 0 Å². The summed E-state index contributed by atoms with van der Waals surface area (Å²) in [4.78, 5) is 2.24. The lowest BCUT2D eigenvalue weighted by Crippen LogP contribution is -2.38. The molecule has 14 heavy (non-hydrogen) atoms. The van der Waals surface area contributed by atoms with Gasteiger partial charge in [0.2, 0.25) is 0 Å². The first-order valence-corrected chi connectivity index (χ1v) is 6.08. The molecule has 0 radical (unpaired) electrons. The van der Waals surface area contributed by atoms with Gasteiger partial charge in [-0.15, -0.1) is 0 Å². The minimum absolute atomic E-state index is 0.718. The van der Waals surface area contributed by atoms with Crippen LogP contribution in [0, 0.1) is 5.92 Å². The van der Waals surface area contributed by atoms with Crippen molar-refractivity contribution in [1.82, 2.24) is 10.2 Å². The second-order valence-corrected chi connectivity index (χ2v) is 4.94. The van der Waals surface area contributed by atoms with Gasteiger partial charge >= 0.3 is 0 Å². The van der Waals surface area contributed by atoms with Gasteiger partial charge in [0.05, 0.1) is 0 Å². The van der Waals surface area contributed by atoms with E-state index in [-0.39, 0.29) is 0 Å². The van der Waals surface area contributed by atoms with Crippen LogP contribution in [-0.4, -0.2) is 38.1 Å². The molecule has 1 atom stereocenters. The third-order valence-electron chi connectivity index (χ3n) is 3.38. The van der Waals surface area contributed by atoms with E-state index in [1.165, 1.54) is 32.1 Å². The summed E-state index contributed by atoms with van der Waals surface area (Å²) in [6.07, 6.45) is 7.24. The molecule has 0 amide bonds. The van der Waals surface area contributed by atoms with Crippen molar-refractivity contribution in [2.75, 3.05) is 27.2 Å². The molecule has 1 rings (SSSR count). The molecule has 0 spiro atoms. The molecule has 2 heteroatoms. The summed E-state index contributed by atoms with van der Waals surface area (Å²) < 4.78 is 0. The van der Waals surface area contributed by atoms with Gasteiger partial charge in [0.25, 0.3) is 0 Å². The van der Waals surface area contributed by atoms with Crippen LogP contribution in [0.2, 0.25) is 0 Å². The zero-order chi connectivity index (χ0) is 10.4.